The van der Waals surface area contributed by atoms with E-state index in [2.05, 4.69) is 0 Å². The van der Waals surface area contributed by atoms with Crippen molar-refractivity contribution < 1.29 is 9.90 Å². The van der Waals surface area contributed by atoms with E-state index >= 15 is 0 Å². The molecule has 0 saturated carbocycles. The van der Waals surface area contributed by atoms with Gasteiger partial charge in [-0.3, -0.25) is 4.79 Å². The molecule has 0 aromatic heterocycles. The maximum atomic E-state index is 10.4. The van der Waals surface area contributed by atoms with Gasteiger partial charge < -0.3 is 5.11 Å². The molecule has 0 aliphatic carbocycles. The number of hydrogen-bond donors (Lipinski definition) is 1. The van der Waals surface area contributed by atoms with Crippen LogP contribution in [0.15, 0.2) is 18.2 Å². The molecule has 0 unspecified atom stereocenters. The van der Waals surface area contributed by atoms with Gasteiger partial charge in [0.25, 0.3) is 0 Å². The molecular formula is C9H10O2. The molecule has 1 N–H and O–H groups in total. The maximum absolute atomic E-state index is 10.4. The van der Waals surface area contributed by atoms with Gasteiger partial charge in [-0.25, -0.2) is 0 Å². The summed E-state index contributed by atoms with van der Waals surface area (Å²) < 4.78 is 0. The average molecular weight is 150 g/mol. The molecule has 0 amide bonds. The van der Waals surface area contributed by atoms with E-state index < -0.39 is 0 Å². The topological polar surface area (TPSA) is 37.3 Å². The molecule has 0 fully saturated rings. The fourth-order valence-corrected chi connectivity index (χ4v) is 0.986. The van der Waals surface area contributed by atoms with Gasteiger partial charge in [-0.15, -0.1) is 0 Å². The quantitative estimate of drug-likeness (QED) is 0.645. The molecule has 0 radical (unpaired) electrons. The van der Waals surface area contributed by atoms with E-state index in [-0.39, 0.29) is 6.61 Å². The summed E-state index contributed by atoms with van der Waals surface area (Å²) in [4.78, 5) is 10.4. The van der Waals surface area contributed by atoms with Crippen molar-refractivity contribution in [3.63, 3.8) is 0 Å². The highest BCUT2D eigenvalue weighted by Gasteiger charge is 1.98. The highest BCUT2D eigenvalue weighted by molar-refractivity contribution is 5.77. The lowest BCUT2D eigenvalue weighted by Gasteiger charge is -2.00. The Hall–Kier alpha value is -1.15. The van der Waals surface area contributed by atoms with Crippen molar-refractivity contribution in [2.45, 2.75) is 13.5 Å². The first-order chi connectivity index (χ1) is 5.27. The number of rotatable bonds is 2. The summed E-state index contributed by atoms with van der Waals surface area (Å²) in [5, 5.41) is 8.82. The molecule has 58 valence electrons. The third-order valence-electron chi connectivity index (χ3n) is 1.60. The number of aldehydes is 1. The minimum atomic E-state index is -0.0737. The lowest BCUT2D eigenvalue weighted by atomic mass is 10.1. The fraction of sp³-hybridized carbons (Fsp3) is 0.222. The monoisotopic (exact) mass is 150 g/mol. The van der Waals surface area contributed by atoms with Crippen molar-refractivity contribution in [2.75, 3.05) is 0 Å². The van der Waals surface area contributed by atoms with Crippen molar-refractivity contribution in [2.24, 2.45) is 0 Å². The molecule has 0 atom stereocenters. The Kier molecular flexibility index (Phi) is 2.39. The molecule has 0 bridgehead atoms. The SMILES string of the molecule is Cc1ccc(C=O)c(CO)c1. The largest absolute Gasteiger partial charge is 0.392 e. The molecular weight excluding hydrogens is 140 g/mol. The summed E-state index contributed by atoms with van der Waals surface area (Å²) in [5.41, 5.74) is 2.32. The van der Waals surface area contributed by atoms with Crippen LogP contribution in [0, 0.1) is 6.92 Å². The van der Waals surface area contributed by atoms with Crippen LogP contribution in [-0.4, -0.2) is 11.4 Å². The first kappa shape index (κ1) is 7.95. The third-order valence-corrected chi connectivity index (χ3v) is 1.60. The molecule has 1 rings (SSSR count). The van der Waals surface area contributed by atoms with Gasteiger partial charge in [0, 0.05) is 5.56 Å². The summed E-state index contributed by atoms with van der Waals surface area (Å²) in [6.45, 7) is 1.85. The van der Waals surface area contributed by atoms with Gasteiger partial charge in [-0.05, 0) is 12.5 Å². The first-order valence-corrected chi connectivity index (χ1v) is 3.43. The average Bonchev–Trinajstić information content (AvgIpc) is 2.04. The molecule has 1 aromatic rings. The number of aliphatic hydroxyl groups excluding tert-OH is 1. The number of hydrogen-bond acceptors (Lipinski definition) is 2. The van der Waals surface area contributed by atoms with E-state index in [1.54, 1.807) is 6.07 Å². The standard InChI is InChI=1S/C9H10O2/c1-7-2-3-8(5-10)9(4-7)6-11/h2-5,11H,6H2,1H3. The van der Waals surface area contributed by atoms with Crippen LogP contribution < -0.4 is 0 Å². The Balaban J connectivity index is 3.16. The van der Waals surface area contributed by atoms with Crippen LogP contribution in [-0.2, 0) is 6.61 Å². The number of aliphatic hydroxyl groups is 1. The summed E-state index contributed by atoms with van der Waals surface area (Å²) in [6.07, 6.45) is 0.755. The Labute approximate surface area is 65.5 Å². The van der Waals surface area contributed by atoms with Crippen molar-refractivity contribution >= 4 is 6.29 Å². The molecule has 2 nitrogen and oxygen atoms in total. The molecule has 2 heteroatoms. The summed E-state index contributed by atoms with van der Waals surface area (Å²) in [7, 11) is 0. The predicted molar refractivity (Wildman–Crippen MR) is 42.5 cm³/mol. The highest BCUT2D eigenvalue weighted by Crippen LogP contribution is 2.09. The summed E-state index contributed by atoms with van der Waals surface area (Å²) >= 11 is 0. The Bertz CT molecular complexity index is 266. The van der Waals surface area contributed by atoms with Crippen molar-refractivity contribution in [3.05, 3.63) is 34.9 Å². The molecule has 0 saturated heterocycles. The molecule has 0 spiro atoms. The second kappa shape index (κ2) is 3.30. The van der Waals surface area contributed by atoms with E-state index in [9.17, 15) is 4.79 Å². The van der Waals surface area contributed by atoms with E-state index in [1.165, 1.54) is 0 Å². The first-order valence-electron chi connectivity index (χ1n) is 3.43. The number of carbonyl (C=O) groups is 1. The molecule has 0 aliphatic heterocycles. The number of benzene rings is 1. The van der Waals surface area contributed by atoms with Crippen LogP contribution in [0.5, 0.6) is 0 Å². The lowest BCUT2D eigenvalue weighted by molar-refractivity contribution is 0.112. The predicted octanol–water partition coefficient (Wildman–Crippen LogP) is 1.30. The van der Waals surface area contributed by atoms with E-state index in [0.717, 1.165) is 11.8 Å². The van der Waals surface area contributed by atoms with Gasteiger partial charge in [0.1, 0.15) is 6.29 Å². The van der Waals surface area contributed by atoms with Gasteiger partial charge in [0.2, 0.25) is 0 Å². The van der Waals surface area contributed by atoms with Gasteiger partial charge in [0.05, 0.1) is 6.61 Å². The van der Waals surface area contributed by atoms with Crippen LogP contribution in [0.2, 0.25) is 0 Å². The molecule has 11 heavy (non-hydrogen) atoms. The van der Waals surface area contributed by atoms with E-state index in [0.29, 0.717) is 11.1 Å². The Morgan fingerprint density at radius 1 is 1.55 bits per heavy atom. The lowest BCUT2D eigenvalue weighted by Crippen LogP contribution is -1.92. The van der Waals surface area contributed by atoms with Gasteiger partial charge in [-0.1, -0.05) is 23.8 Å². The van der Waals surface area contributed by atoms with Crippen molar-refractivity contribution in [1.29, 1.82) is 0 Å². The van der Waals surface area contributed by atoms with Crippen LogP contribution in [0.25, 0.3) is 0 Å². The summed E-state index contributed by atoms with van der Waals surface area (Å²) in [5.74, 6) is 0. The number of carbonyl (C=O) groups excluding carboxylic acids is 1. The minimum Gasteiger partial charge on any atom is -0.392 e. The molecule has 0 aliphatic rings. The second-order valence-corrected chi connectivity index (χ2v) is 2.48. The van der Waals surface area contributed by atoms with E-state index in [1.807, 2.05) is 19.1 Å². The third kappa shape index (κ3) is 1.65. The second-order valence-electron chi connectivity index (χ2n) is 2.48. The zero-order valence-electron chi connectivity index (χ0n) is 6.37. The van der Waals surface area contributed by atoms with Crippen LogP contribution in [0.4, 0.5) is 0 Å². The van der Waals surface area contributed by atoms with Crippen LogP contribution >= 0.6 is 0 Å². The number of aryl methyl sites for hydroxylation is 1. The van der Waals surface area contributed by atoms with Gasteiger partial charge in [-0.2, -0.15) is 0 Å². The zero-order chi connectivity index (χ0) is 8.27. The van der Waals surface area contributed by atoms with Crippen molar-refractivity contribution in [3.8, 4) is 0 Å². The van der Waals surface area contributed by atoms with Crippen LogP contribution in [0.1, 0.15) is 21.5 Å². The van der Waals surface area contributed by atoms with E-state index in [4.69, 9.17) is 5.11 Å². The Morgan fingerprint density at radius 3 is 2.82 bits per heavy atom. The summed E-state index contributed by atoms with van der Waals surface area (Å²) in [6, 6.07) is 5.38. The maximum Gasteiger partial charge on any atom is 0.150 e. The fourth-order valence-electron chi connectivity index (χ4n) is 0.986. The molecule has 1 aromatic carbocycles. The molecule has 0 heterocycles. The minimum absolute atomic E-state index is 0.0737. The smallest absolute Gasteiger partial charge is 0.150 e. The normalized spacial score (nSPS) is 9.64. The van der Waals surface area contributed by atoms with Gasteiger partial charge >= 0.3 is 0 Å². The van der Waals surface area contributed by atoms with Crippen molar-refractivity contribution in [1.82, 2.24) is 0 Å². The highest BCUT2D eigenvalue weighted by atomic mass is 16.3. The Morgan fingerprint density at radius 2 is 2.27 bits per heavy atom. The van der Waals surface area contributed by atoms with Crippen LogP contribution in [0.3, 0.4) is 0 Å². The zero-order valence-corrected chi connectivity index (χ0v) is 6.37. The van der Waals surface area contributed by atoms with Gasteiger partial charge in [0.15, 0.2) is 0 Å².